The van der Waals surface area contributed by atoms with Crippen molar-refractivity contribution >= 4 is 34.8 Å². The lowest BCUT2D eigenvalue weighted by atomic mass is 9.90. The lowest BCUT2D eigenvalue weighted by Crippen LogP contribution is -2.24. The van der Waals surface area contributed by atoms with E-state index in [-0.39, 0.29) is 0 Å². The molecule has 3 heteroatoms. The molecule has 1 aliphatic heterocycles. The molecule has 1 heterocycles. The molecule has 4 rings (SSSR count). The van der Waals surface area contributed by atoms with Gasteiger partial charge in [0.05, 0.1) is 12.0 Å². The number of nitrogens with zero attached hydrogens (tertiary/aromatic N) is 2. The highest BCUT2D eigenvalue weighted by atomic mass is 32.2. The molecule has 0 saturated carbocycles. The van der Waals surface area contributed by atoms with Gasteiger partial charge in [-0.15, -0.1) is 0 Å². The van der Waals surface area contributed by atoms with Crippen molar-refractivity contribution in [1.29, 1.82) is 0 Å². The number of hydrogen-bond donors (Lipinski definition) is 0. The molecule has 0 unspecified atom stereocenters. The van der Waals surface area contributed by atoms with Gasteiger partial charge in [0, 0.05) is 18.0 Å². The fourth-order valence-electron chi connectivity index (χ4n) is 4.21. The molecule has 31 heavy (non-hydrogen) atoms. The summed E-state index contributed by atoms with van der Waals surface area (Å²) in [7, 11) is 2.08. The van der Waals surface area contributed by atoms with E-state index in [1.807, 2.05) is 18.1 Å². The topological polar surface area (TPSA) is 15.6 Å². The third-order valence-electron chi connectivity index (χ3n) is 6.43. The molecular weight excluding hydrogens is 396 g/mol. The Labute approximate surface area is 192 Å². The lowest BCUT2D eigenvalue weighted by Gasteiger charge is -2.19. The first-order valence-corrected chi connectivity index (χ1v) is 12.3. The van der Waals surface area contributed by atoms with Gasteiger partial charge in [0.15, 0.2) is 0 Å². The van der Waals surface area contributed by atoms with Gasteiger partial charge in [-0.25, -0.2) is 4.99 Å². The summed E-state index contributed by atoms with van der Waals surface area (Å²) < 4.78 is 0. The van der Waals surface area contributed by atoms with E-state index in [9.17, 15) is 0 Å². The van der Waals surface area contributed by atoms with Gasteiger partial charge in [-0.2, -0.15) is 0 Å². The number of hydrogen-bond acceptors (Lipinski definition) is 2. The number of allylic oxidation sites excluding steroid dienone is 1. The molecule has 0 radical (unpaired) electrons. The zero-order valence-corrected chi connectivity index (χ0v) is 20.4. The van der Waals surface area contributed by atoms with E-state index < -0.39 is 0 Å². The van der Waals surface area contributed by atoms with Crippen LogP contribution in [0, 0.1) is 6.92 Å². The SMILES string of the molecule is C/C1=C\SC(c2ccc3c(c2)CCCC3)=Cc2cc(N=CN(C)C(C)C)c(C)cc2C1. The zero-order chi connectivity index (χ0) is 22.0. The predicted octanol–water partition coefficient (Wildman–Crippen LogP) is 7.57. The maximum absolute atomic E-state index is 4.81. The number of fused-ring (bicyclic) bond motifs is 2. The number of aliphatic imine (C=N–C) groups is 1. The molecule has 1 aliphatic carbocycles. The third-order valence-corrected chi connectivity index (χ3v) is 7.55. The highest BCUT2D eigenvalue weighted by molar-refractivity contribution is 8.11. The average molecular weight is 431 g/mol. The lowest BCUT2D eigenvalue weighted by molar-refractivity contribution is 0.429. The Bertz CT molecular complexity index is 1060. The second-order valence-electron chi connectivity index (χ2n) is 9.30. The summed E-state index contributed by atoms with van der Waals surface area (Å²) in [4.78, 5) is 8.29. The molecule has 2 aromatic rings. The van der Waals surface area contributed by atoms with E-state index in [4.69, 9.17) is 4.99 Å². The second kappa shape index (κ2) is 9.48. The van der Waals surface area contributed by atoms with Crippen molar-refractivity contribution < 1.29 is 0 Å². The summed E-state index contributed by atoms with van der Waals surface area (Å²) in [5, 5.41) is 2.33. The van der Waals surface area contributed by atoms with Crippen LogP contribution in [0.25, 0.3) is 11.0 Å². The summed E-state index contributed by atoms with van der Waals surface area (Å²) in [5.74, 6) is 0. The smallest absolute Gasteiger partial charge is 0.0912 e. The quantitative estimate of drug-likeness (QED) is 0.367. The van der Waals surface area contributed by atoms with E-state index in [0.717, 1.165) is 12.1 Å². The zero-order valence-electron chi connectivity index (χ0n) is 19.5. The van der Waals surface area contributed by atoms with E-state index in [2.05, 4.69) is 81.5 Å². The molecule has 0 N–H and O–H groups in total. The number of rotatable bonds is 4. The summed E-state index contributed by atoms with van der Waals surface area (Å²) in [6, 6.07) is 12.1. The molecule has 0 spiro atoms. The fraction of sp³-hybridized carbons (Fsp3) is 0.393. The van der Waals surface area contributed by atoms with Crippen LogP contribution in [-0.4, -0.2) is 24.3 Å². The molecule has 0 amide bonds. The van der Waals surface area contributed by atoms with Crippen molar-refractivity contribution in [3.63, 3.8) is 0 Å². The molecule has 0 atom stereocenters. The van der Waals surface area contributed by atoms with Crippen molar-refractivity contribution in [2.75, 3.05) is 7.05 Å². The number of aryl methyl sites for hydroxylation is 3. The van der Waals surface area contributed by atoms with Gasteiger partial charge in [-0.1, -0.05) is 41.6 Å². The normalized spacial score (nSPS) is 18.0. The Morgan fingerprint density at radius 1 is 1.00 bits per heavy atom. The van der Waals surface area contributed by atoms with E-state index in [1.54, 1.807) is 11.1 Å². The highest BCUT2D eigenvalue weighted by Gasteiger charge is 2.15. The minimum absolute atomic E-state index is 0.438. The van der Waals surface area contributed by atoms with Crippen LogP contribution in [0.3, 0.4) is 0 Å². The summed E-state index contributed by atoms with van der Waals surface area (Å²) in [5.41, 5.74) is 10.8. The average Bonchev–Trinajstić information content (AvgIpc) is 2.75. The molecule has 0 saturated heterocycles. The highest BCUT2D eigenvalue weighted by Crippen LogP contribution is 2.38. The fourth-order valence-corrected chi connectivity index (χ4v) is 5.07. The van der Waals surface area contributed by atoms with Gasteiger partial charge in [0.1, 0.15) is 0 Å². The van der Waals surface area contributed by atoms with Crippen molar-refractivity contribution in [3.8, 4) is 0 Å². The Morgan fingerprint density at radius 3 is 2.55 bits per heavy atom. The van der Waals surface area contributed by atoms with Crippen molar-refractivity contribution in [2.45, 2.75) is 65.8 Å². The van der Waals surface area contributed by atoms with Crippen LogP contribution in [-0.2, 0) is 19.3 Å². The van der Waals surface area contributed by atoms with Crippen LogP contribution in [0.2, 0.25) is 0 Å². The molecule has 2 aromatic carbocycles. The Balaban J connectivity index is 1.75. The Morgan fingerprint density at radius 2 is 1.77 bits per heavy atom. The van der Waals surface area contributed by atoms with Crippen LogP contribution in [0.5, 0.6) is 0 Å². The van der Waals surface area contributed by atoms with Crippen molar-refractivity contribution in [2.24, 2.45) is 4.99 Å². The third kappa shape index (κ3) is 5.15. The van der Waals surface area contributed by atoms with Crippen LogP contribution >= 0.6 is 11.8 Å². The van der Waals surface area contributed by atoms with Gasteiger partial charge >= 0.3 is 0 Å². The molecule has 0 aromatic heterocycles. The standard InChI is InChI=1S/C28H34N2S/c1-19(2)30(5)18-29-27-15-26-16-28(31-17-20(3)12-25(26)13-21(27)4)24-11-10-22-8-6-7-9-23(22)14-24/h10-11,13-19H,6-9,12H2,1-5H3/b20-17+,28-16?,29-18?. The van der Waals surface area contributed by atoms with Crippen LogP contribution in [0.15, 0.2) is 46.3 Å². The predicted molar refractivity (Wildman–Crippen MR) is 138 cm³/mol. The monoisotopic (exact) mass is 430 g/mol. The minimum atomic E-state index is 0.438. The molecule has 0 bridgehead atoms. The van der Waals surface area contributed by atoms with E-state index in [1.165, 1.54) is 58.4 Å². The maximum Gasteiger partial charge on any atom is 0.0912 e. The minimum Gasteiger partial charge on any atom is -0.363 e. The molecule has 162 valence electrons. The van der Waals surface area contributed by atoms with Gasteiger partial charge in [-0.3, -0.25) is 0 Å². The summed E-state index contributed by atoms with van der Waals surface area (Å²) in [6.07, 6.45) is 10.4. The van der Waals surface area contributed by atoms with E-state index in [0.29, 0.717) is 6.04 Å². The molecular formula is C28H34N2S. The Kier molecular flexibility index (Phi) is 6.71. The van der Waals surface area contributed by atoms with Gasteiger partial charge in [0.2, 0.25) is 0 Å². The summed E-state index contributed by atoms with van der Waals surface area (Å²) >= 11 is 1.86. The first kappa shape index (κ1) is 22.0. The molecule has 2 aliphatic rings. The first-order valence-electron chi connectivity index (χ1n) is 11.5. The largest absolute Gasteiger partial charge is 0.363 e. The van der Waals surface area contributed by atoms with Gasteiger partial charge < -0.3 is 4.90 Å². The molecule has 2 nitrogen and oxygen atoms in total. The number of benzene rings is 2. The van der Waals surface area contributed by atoms with E-state index >= 15 is 0 Å². The van der Waals surface area contributed by atoms with Crippen molar-refractivity contribution in [3.05, 3.63) is 74.7 Å². The van der Waals surface area contributed by atoms with Crippen LogP contribution in [0.4, 0.5) is 5.69 Å². The van der Waals surface area contributed by atoms with Crippen LogP contribution < -0.4 is 0 Å². The van der Waals surface area contributed by atoms with Crippen molar-refractivity contribution in [1.82, 2.24) is 4.90 Å². The van der Waals surface area contributed by atoms with Gasteiger partial charge in [0.25, 0.3) is 0 Å². The molecule has 0 fully saturated rings. The first-order chi connectivity index (χ1) is 14.9. The number of thioether (sulfide) groups is 1. The summed E-state index contributed by atoms with van der Waals surface area (Å²) in [6.45, 7) is 8.77. The van der Waals surface area contributed by atoms with Gasteiger partial charge in [-0.05, 0) is 111 Å². The Hall–Kier alpha value is -2.26. The van der Waals surface area contributed by atoms with Crippen LogP contribution in [0.1, 0.15) is 67.0 Å². The maximum atomic E-state index is 4.81. The second-order valence-corrected chi connectivity index (χ2v) is 10.2.